The Hall–Kier alpha value is -0.570. The average molecular weight is 187 g/mol. The second kappa shape index (κ2) is 4.61. The largest absolute Gasteiger partial charge is 0.392 e. The number of hydrogen-bond donors (Lipinski definition) is 1. The summed E-state index contributed by atoms with van der Waals surface area (Å²) in [5, 5.41) is 9.12. The summed E-state index contributed by atoms with van der Waals surface area (Å²) in [6.45, 7) is 7.93. The van der Waals surface area contributed by atoms with Crippen LogP contribution in [0.2, 0.25) is 0 Å². The lowest BCUT2D eigenvalue weighted by Crippen LogP contribution is -2.41. The van der Waals surface area contributed by atoms with Crippen molar-refractivity contribution >= 4 is 5.91 Å². The lowest BCUT2D eigenvalue weighted by atomic mass is 9.88. The fourth-order valence-corrected chi connectivity index (χ4v) is 1.15. The van der Waals surface area contributed by atoms with Crippen molar-refractivity contribution < 1.29 is 9.90 Å². The third kappa shape index (κ3) is 3.77. The zero-order chi connectivity index (χ0) is 10.6. The molecule has 0 aromatic rings. The SMILES string of the molecule is CCC(C)(C)C(=O)N(C)CC(C)O. The van der Waals surface area contributed by atoms with Crippen molar-refractivity contribution in [1.29, 1.82) is 0 Å². The molecule has 0 bridgehead atoms. The van der Waals surface area contributed by atoms with Crippen molar-refractivity contribution in [2.45, 2.75) is 40.2 Å². The van der Waals surface area contributed by atoms with E-state index < -0.39 is 6.10 Å². The Morgan fingerprint density at radius 3 is 2.31 bits per heavy atom. The predicted molar refractivity (Wildman–Crippen MR) is 53.4 cm³/mol. The molecule has 13 heavy (non-hydrogen) atoms. The summed E-state index contributed by atoms with van der Waals surface area (Å²) < 4.78 is 0. The molecule has 0 saturated heterocycles. The molecular weight excluding hydrogens is 166 g/mol. The summed E-state index contributed by atoms with van der Waals surface area (Å²) >= 11 is 0. The van der Waals surface area contributed by atoms with Gasteiger partial charge in [-0.2, -0.15) is 0 Å². The molecule has 0 aliphatic carbocycles. The first-order chi connectivity index (χ1) is 5.81. The van der Waals surface area contributed by atoms with Crippen LogP contribution in [0.4, 0.5) is 0 Å². The van der Waals surface area contributed by atoms with Gasteiger partial charge in [0.25, 0.3) is 0 Å². The molecule has 1 unspecified atom stereocenters. The van der Waals surface area contributed by atoms with Gasteiger partial charge in [0.2, 0.25) is 5.91 Å². The standard InChI is InChI=1S/C10H21NO2/c1-6-10(3,4)9(13)11(5)7-8(2)12/h8,12H,6-7H2,1-5H3. The van der Waals surface area contributed by atoms with E-state index in [0.29, 0.717) is 6.54 Å². The lowest BCUT2D eigenvalue weighted by Gasteiger charge is -2.29. The number of rotatable bonds is 4. The zero-order valence-electron chi connectivity index (χ0n) is 9.29. The minimum Gasteiger partial charge on any atom is -0.392 e. The highest BCUT2D eigenvalue weighted by molar-refractivity contribution is 5.81. The molecule has 1 amide bonds. The van der Waals surface area contributed by atoms with Crippen molar-refractivity contribution in [3.05, 3.63) is 0 Å². The van der Waals surface area contributed by atoms with Crippen LogP contribution >= 0.6 is 0 Å². The van der Waals surface area contributed by atoms with Gasteiger partial charge in [0.05, 0.1) is 6.10 Å². The molecular formula is C10H21NO2. The average Bonchev–Trinajstić information content (AvgIpc) is 2.01. The Labute approximate surface area is 80.7 Å². The summed E-state index contributed by atoms with van der Waals surface area (Å²) in [4.78, 5) is 13.3. The van der Waals surface area contributed by atoms with Gasteiger partial charge in [-0.15, -0.1) is 0 Å². The smallest absolute Gasteiger partial charge is 0.228 e. The Balaban J connectivity index is 4.25. The number of aliphatic hydroxyl groups is 1. The summed E-state index contributed by atoms with van der Waals surface area (Å²) in [6, 6.07) is 0. The summed E-state index contributed by atoms with van der Waals surface area (Å²) in [6.07, 6.45) is 0.359. The van der Waals surface area contributed by atoms with Crippen molar-refractivity contribution in [2.24, 2.45) is 5.41 Å². The van der Waals surface area contributed by atoms with Crippen molar-refractivity contribution in [3.63, 3.8) is 0 Å². The summed E-state index contributed by atoms with van der Waals surface area (Å²) in [7, 11) is 1.73. The first-order valence-corrected chi connectivity index (χ1v) is 4.75. The molecule has 0 saturated carbocycles. The first-order valence-electron chi connectivity index (χ1n) is 4.75. The van der Waals surface area contributed by atoms with Crippen LogP contribution < -0.4 is 0 Å². The second-order valence-corrected chi connectivity index (χ2v) is 4.27. The van der Waals surface area contributed by atoms with Gasteiger partial charge in [-0.3, -0.25) is 4.79 Å². The third-order valence-corrected chi connectivity index (χ3v) is 2.35. The van der Waals surface area contributed by atoms with Gasteiger partial charge in [0, 0.05) is 19.0 Å². The van der Waals surface area contributed by atoms with E-state index in [0.717, 1.165) is 6.42 Å². The molecule has 0 radical (unpaired) electrons. The molecule has 0 heterocycles. The van der Waals surface area contributed by atoms with Gasteiger partial charge in [-0.1, -0.05) is 20.8 Å². The topological polar surface area (TPSA) is 40.5 Å². The van der Waals surface area contributed by atoms with Gasteiger partial charge in [-0.25, -0.2) is 0 Å². The van der Waals surface area contributed by atoms with E-state index in [2.05, 4.69) is 0 Å². The number of likely N-dealkylation sites (N-methyl/N-ethyl adjacent to an activating group) is 1. The molecule has 0 aliphatic rings. The molecule has 0 aromatic heterocycles. The maximum absolute atomic E-state index is 11.7. The summed E-state index contributed by atoms with van der Waals surface area (Å²) in [5.41, 5.74) is -0.316. The third-order valence-electron chi connectivity index (χ3n) is 2.35. The van der Waals surface area contributed by atoms with E-state index in [1.54, 1.807) is 18.9 Å². The van der Waals surface area contributed by atoms with Crippen LogP contribution in [-0.4, -0.2) is 35.6 Å². The molecule has 1 N–H and O–H groups in total. The van der Waals surface area contributed by atoms with Gasteiger partial charge in [0.1, 0.15) is 0 Å². The van der Waals surface area contributed by atoms with Crippen molar-refractivity contribution in [1.82, 2.24) is 4.90 Å². The first kappa shape index (κ1) is 12.4. The fraction of sp³-hybridized carbons (Fsp3) is 0.900. The number of hydrogen-bond acceptors (Lipinski definition) is 2. The molecule has 1 atom stereocenters. The molecule has 0 aliphatic heterocycles. The predicted octanol–water partition coefficient (Wildman–Crippen LogP) is 1.26. The van der Waals surface area contributed by atoms with Gasteiger partial charge < -0.3 is 10.0 Å². The molecule has 3 nitrogen and oxygen atoms in total. The lowest BCUT2D eigenvalue weighted by molar-refractivity contribution is -0.140. The van der Waals surface area contributed by atoms with E-state index in [-0.39, 0.29) is 11.3 Å². The highest BCUT2D eigenvalue weighted by atomic mass is 16.3. The monoisotopic (exact) mass is 187 g/mol. The fourth-order valence-electron chi connectivity index (χ4n) is 1.15. The van der Waals surface area contributed by atoms with E-state index >= 15 is 0 Å². The van der Waals surface area contributed by atoms with E-state index in [9.17, 15) is 4.79 Å². The van der Waals surface area contributed by atoms with E-state index in [1.165, 1.54) is 0 Å². The maximum Gasteiger partial charge on any atom is 0.228 e. The number of nitrogens with zero attached hydrogens (tertiary/aromatic N) is 1. The maximum atomic E-state index is 11.7. The van der Waals surface area contributed by atoms with Crippen molar-refractivity contribution in [2.75, 3.05) is 13.6 Å². The Kier molecular flexibility index (Phi) is 4.40. The minimum absolute atomic E-state index is 0.0934. The quantitative estimate of drug-likeness (QED) is 0.720. The summed E-state index contributed by atoms with van der Waals surface area (Å²) in [5.74, 6) is 0.0934. The minimum atomic E-state index is -0.457. The number of aliphatic hydroxyl groups excluding tert-OH is 1. The van der Waals surface area contributed by atoms with Gasteiger partial charge in [-0.05, 0) is 13.3 Å². The Bertz CT molecular complexity index is 176. The molecule has 0 aromatic carbocycles. The van der Waals surface area contributed by atoms with Crippen LogP contribution in [-0.2, 0) is 4.79 Å². The van der Waals surface area contributed by atoms with Crippen LogP contribution in [0.3, 0.4) is 0 Å². The molecule has 78 valence electrons. The number of amides is 1. The van der Waals surface area contributed by atoms with Crippen LogP contribution in [0, 0.1) is 5.41 Å². The van der Waals surface area contributed by atoms with Crippen molar-refractivity contribution in [3.8, 4) is 0 Å². The van der Waals surface area contributed by atoms with Gasteiger partial charge in [0.15, 0.2) is 0 Å². The normalized spacial score (nSPS) is 14.0. The Morgan fingerprint density at radius 2 is 2.00 bits per heavy atom. The molecule has 0 rings (SSSR count). The van der Waals surface area contributed by atoms with E-state index in [1.807, 2.05) is 20.8 Å². The van der Waals surface area contributed by atoms with Gasteiger partial charge >= 0.3 is 0 Å². The van der Waals surface area contributed by atoms with E-state index in [4.69, 9.17) is 5.11 Å². The molecule has 3 heteroatoms. The highest BCUT2D eigenvalue weighted by Crippen LogP contribution is 2.22. The number of carbonyl (C=O) groups is 1. The molecule has 0 fully saturated rings. The second-order valence-electron chi connectivity index (χ2n) is 4.27. The number of carbonyl (C=O) groups excluding carboxylic acids is 1. The highest BCUT2D eigenvalue weighted by Gasteiger charge is 2.28. The Morgan fingerprint density at radius 1 is 1.54 bits per heavy atom. The van der Waals surface area contributed by atoms with Crippen LogP contribution in [0.1, 0.15) is 34.1 Å². The zero-order valence-corrected chi connectivity index (χ0v) is 9.29. The van der Waals surface area contributed by atoms with Crippen LogP contribution in [0.15, 0.2) is 0 Å². The molecule has 0 spiro atoms. The van der Waals surface area contributed by atoms with Crippen LogP contribution in [0.5, 0.6) is 0 Å². The van der Waals surface area contributed by atoms with Crippen LogP contribution in [0.25, 0.3) is 0 Å².